The quantitative estimate of drug-likeness (QED) is 0.915. The van der Waals surface area contributed by atoms with Crippen molar-refractivity contribution < 1.29 is 19.0 Å². The lowest BCUT2D eigenvalue weighted by atomic mass is 10.1. The average molecular weight is 333 g/mol. The molecule has 5 nitrogen and oxygen atoms in total. The van der Waals surface area contributed by atoms with Crippen LogP contribution < -0.4 is 5.32 Å². The number of amides is 1. The van der Waals surface area contributed by atoms with Crippen molar-refractivity contribution in [3.05, 3.63) is 42.0 Å². The van der Waals surface area contributed by atoms with E-state index in [0.717, 1.165) is 5.56 Å². The molecule has 1 aromatic rings. The van der Waals surface area contributed by atoms with Crippen LogP contribution in [0.15, 0.2) is 36.4 Å². The second-order valence-corrected chi connectivity index (χ2v) is 7.32. The zero-order chi connectivity index (χ0) is 17.8. The molecule has 0 saturated carbocycles. The highest BCUT2D eigenvalue weighted by Gasteiger charge is 2.36. The molecule has 1 saturated heterocycles. The smallest absolute Gasteiger partial charge is 0.408 e. The number of hydrogen-bond acceptors (Lipinski definition) is 4. The Morgan fingerprint density at radius 3 is 2.58 bits per heavy atom. The summed E-state index contributed by atoms with van der Waals surface area (Å²) in [6.45, 7) is 9.57. The van der Waals surface area contributed by atoms with Gasteiger partial charge in [-0.05, 0) is 40.2 Å². The highest BCUT2D eigenvalue weighted by Crippen LogP contribution is 2.24. The van der Waals surface area contributed by atoms with Crippen LogP contribution >= 0.6 is 0 Å². The number of ether oxygens (including phenoxy) is 3. The Morgan fingerprint density at radius 2 is 1.96 bits per heavy atom. The van der Waals surface area contributed by atoms with Crippen LogP contribution in [0.25, 0.3) is 6.08 Å². The van der Waals surface area contributed by atoms with Crippen molar-refractivity contribution in [2.45, 2.75) is 58.2 Å². The standard InChI is InChI=1S/C19H27NO4/c1-18(2,3)24-17(21)20-15-13-22-19(4,5)23-16(15)12-11-14-9-7-6-8-10-14/h6-12,15-16H,13H2,1-5H3,(H,20,21)/b12-11+/t15-,16+/m0/s1. The summed E-state index contributed by atoms with van der Waals surface area (Å²) in [6, 6.07) is 9.63. The van der Waals surface area contributed by atoms with E-state index in [9.17, 15) is 4.79 Å². The summed E-state index contributed by atoms with van der Waals surface area (Å²) in [7, 11) is 0. The molecular formula is C19H27NO4. The average Bonchev–Trinajstić information content (AvgIpc) is 2.46. The summed E-state index contributed by atoms with van der Waals surface area (Å²) in [5.41, 5.74) is 0.524. The van der Waals surface area contributed by atoms with Crippen LogP contribution in [-0.4, -0.2) is 36.2 Å². The number of alkyl carbamates (subject to hydrolysis) is 1. The van der Waals surface area contributed by atoms with Crippen molar-refractivity contribution in [2.24, 2.45) is 0 Å². The van der Waals surface area contributed by atoms with E-state index < -0.39 is 17.5 Å². The Bertz CT molecular complexity index is 575. The predicted octanol–water partition coefficient (Wildman–Crippen LogP) is 3.74. The first-order valence-corrected chi connectivity index (χ1v) is 8.19. The fourth-order valence-electron chi connectivity index (χ4n) is 2.36. The monoisotopic (exact) mass is 333 g/mol. The fraction of sp³-hybridized carbons (Fsp3) is 0.526. The molecule has 1 amide bonds. The van der Waals surface area contributed by atoms with Gasteiger partial charge in [0.15, 0.2) is 5.79 Å². The largest absolute Gasteiger partial charge is 0.444 e. The summed E-state index contributed by atoms with van der Waals surface area (Å²) >= 11 is 0. The van der Waals surface area contributed by atoms with Crippen LogP contribution in [-0.2, 0) is 14.2 Å². The highest BCUT2D eigenvalue weighted by molar-refractivity contribution is 5.68. The van der Waals surface area contributed by atoms with Crippen LogP contribution in [0.2, 0.25) is 0 Å². The van der Waals surface area contributed by atoms with Gasteiger partial charge in [-0.1, -0.05) is 42.5 Å². The maximum Gasteiger partial charge on any atom is 0.408 e. The molecule has 0 unspecified atom stereocenters. The lowest BCUT2D eigenvalue weighted by molar-refractivity contribution is -0.271. The number of carbonyl (C=O) groups is 1. The molecule has 0 aromatic heterocycles. The van der Waals surface area contributed by atoms with Gasteiger partial charge in [-0.25, -0.2) is 4.79 Å². The molecule has 1 heterocycles. The Morgan fingerprint density at radius 1 is 1.29 bits per heavy atom. The van der Waals surface area contributed by atoms with Gasteiger partial charge >= 0.3 is 6.09 Å². The molecule has 0 radical (unpaired) electrons. The Balaban J connectivity index is 2.07. The van der Waals surface area contributed by atoms with Crippen LogP contribution in [0.3, 0.4) is 0 Å². The lowest BCUT2D eigenvalue weighted by Gasteiger charge is -2.40. The van der Waals surface area contributed by atoms with Crippen LogP contribution in [0.4, 0.5) is 4.79 Å². The molecular weight excluding hydrogens is 306 g/mol. The molecule has 5 heteroatoms. The molecule has 2 rings (SSSR count). The zero-order valence-electron chi connectivity index (χ0n) is 15.0. The van der Waals surface area contributed by atoms with Gasteiger partial charge in [-0.15, -0.1) is 0 Å². The van der Waals surface area contributed by atoms with Gasteiger partial charge in [0.1, 0.15) is 11.7 Å². The number of benzene rings is 1. The van der Waals surface area contributed by atoms with Crippen LogP contribution in [0.1, 0.15) is 40.2 Å². The van der Waals surface area contributed by atoms with Crippen molar-refractivity contribution in [1.29, 1.82) is 0 Å². The predicted molar refractivity (Wildman–Crippen MR) is 93.5 cm³/mol. The zero-order valence-corrected chi connectivity index (χ0v) is 15.0. The van der Waals surface area contributed by atoms with Crippen molar-refractivity contribution in [2.75, 3.05) is 6.61 Å². The van der Waals surface area contributed by atoms with Gasteiger partial charge in [0, 0.05) is 0 Å². The van der Waals surface area contributed by atoms with Crippen molar-refractivity contribution in [3.8, 4) is 0 Å². The van der Waals surface area contributed by atoms with Gasteiger partial charge in [0.05, 0.1) is 12.6 Å². The minimum Gasteiger partial charge on any atom is -0.444 e. The van der Waals surface area contributed by atoms with Crippen molar-refractivity contribution >= 4 is 12.2 Å². The third kappa shape index (κ3) is 5.98. The molecule has 24 heavy (non-hydrogen) atoms. The van der Waals surface area contributed by atoms with E-state index >= 15 is 0 Å². The molecule has 1 aromatic carbocycles. The summed E-state index contributed by atoms with van der Waals surface area (Å²) in [5, 5.41) is 2.84. The number of hydrogen-bond donors (Lipinski definition) is 1. The SMILES string of the molecule is CC(C)(C)OC(=O)N[C@H]1COC(C)(C)O[C@@H]1/C=C/c1ccccc1. The molecule has 0 bridgehead atoms. The Kier molecular flexibility index (Phi) is 5.67. The highest BCUT2D eigenvalue weighted by atomic mass is 16.7. The van der Waals surface area contributed by atoms with E-state index in [0.29, 0.717) is 6.61 Å². The fourth-order valence-corrected chi connectivity index (χ4v) is 2.36. The first kappa shape index (κ1) is 18.5. The van der Waals surface area contributed by atoms with E-state index in [1.54, 1.807) is 0 Å². The molecule has 2 atom stereocenters. The first-order chi connectivity index (χ1) is 11.1. The summed E-state index contributed by atoms with van der Waals surface area (Å²) < 4.78 is 16.9. The molecule has 132 valence electrons. The Labute approximate surface area is 144 Å². The second kappa shape index (κ2) is 7.36. The van der Waals surface area contributed by atoms with Gasteiger partial charge in [0.25, 0.3) is 0 Å². The molecule has 1 N–H and O–H groups in total. The summed E-state index contributed by atoms with van der Waals surface area (Å²) in [4.78, 5) is 12.0. The van der Waals surface area contributed by atoms with Crippen LogP contribution in [0.5, 0.6) is 0 Å². The van der Waals surface area contributed by atoms with E-state index in [2.05, 4.69) is 5.32 Å². The van der Waals surface area contributed by atoms with Gasteiger partial charge < -0.3 is 19.5 Å². The van der Waals surface area contributed by atoms with Crippen molar-refractivity contribution in [1.82, 2.24) is 5.32 Å². The first-order valence-electron chi connectivity index (χ1n) is 8.19. The van der Waals surface area contributed by atoms with Gasteiger partial charge in [-0.3, -0.25) is 0 Å². The topological polar surface area (TPSA) is 56.8 Å². The molecule has 1 aliphatic rings. The van der Waals surface area contributed by atoms with Gasteiger partial charge in [-0.2, -0.15) is 0 Å². The molecule has 0 spiro atoms. The minimum atomic E-state index is -0.697. The normalized spacial score (nSPS) is 23.9. The maximum absolute atomic E-state index is 12.0. The van der Waals surface area contributed by atoms with E-state index in [4.69, 9.17) is 14.2 Å². The molecule has 1 fully saturated rings. The van der Waals surface area contributed by atoms with Gasteiger partial charge in [0.2, 0.25) is 0 Å². The molecule has 0 aliphatic carbocycles. The maximum atomic E-state index is 12.0. The van der Waals surface area contributed by atoms with E-state index in [1.165, 1.54) is 0 Å². The lowest BCUT2D eigenvalue weighted by Crippen LogP contribution is -2.55. The number of nitrogens with one attached hydrogen (secondary N) is 1. The number of carbonyl (C=O) groups excluding carboxylic acids is 1. The van der Waals surface area contributed by atoms with E-state index in [-0.39, 0.29) is 12.1 Å². The third-order valence-corrected chi connectivity index (χ3v) is 3.41. The van der Waals surface area contributed by atoms with Crippen molar-refractivity contribution in [3.63, 3.8) is 0 Å². The Hall–Kier alpha value is -1.85. The minimum absolute atomic E-state index is 0.304. The summed E-state index contributed by atoms with van der Waals surface area (Å²) in [6.07, 6.45) is 3.15. The number of rotatable bonds is 3. The summed E-state index contributed by atoms with van der Waals surface area (Å²) in [5.74, 6) is -0.697. The molecule has 1 aliphatic heterocycles. The van der Waals surface area contributed by atoms with E-state index in [1.807, 2.05) is 77.1 Å². The second-order valence-electron chi connectivity index (χ2n) is 7.32. The third-order valence-electron chi connectivity index (χ3n) is 3.41. The van der Waals surface area contributed by atoms with Crippen LogP contribution in [0, 0.1) is 0 Å².